The van der Waals surface area contributed by atoms with Gasteiger partial charge in [0.25, 0.3) is 5.89 Å². The third-order valence-corrected chi connectivity index (χ3v) is 4.36. The smallest absolute Gasteiger partial charge is 0.264 e. The molecule has 1 N–H and O–H groups in total. The van der Waals surface area contributed by atoms with Crippen LogP contribution < -0.4 is 5.32 Å². The highest BCUT2D eigenvalue weighted by molar-refractivity contribution is 5.76. The van der Waals surface area contributed by atoms with Crippen LogP contribution in [-0.2, 0) is 11.3 Å². The number of carbonyl (C=O) groups is 1. The van der Waals surface area contributed by atoms with E-state index in [9.17, 15) is 4.79 Å². The number of nitrogens with one attached hydrogen (secondary N) is 1. The molecule has 1 aliphatic rings. The molecule has 0 radical (unpaired) electrons. The van der Waals surface area contributed by atoms with Crippen LogP contribution in [0.3, 0.4) is 0 Å². The summed E-state index contributed by atoms with van der Waals surface area (Å²) in [7, 11) is 0. The second-order valence-corrected chi connectivity index (χ2v) is 6.26. The standard InChI is InChI=1S/C17H24N4O2/c1-13-19-20-17(23-13)15-10-7-11-21(15)12-16(22)18-14-8-5-3-2-4-6-9-14/h7,10-11,14H,2-6,8-9,12H2,1H3,(H,18,22). The van der Waals surface area contributed by atoms with E-state index in [2.05, 4.69) is 15.5 Å². The molecular weight excluding hydrogens is 292 g/mol. The molecule has 0 saturated heterocycles. The zero-order valence-electron chi connectivity index (χ0n) is 13.6. The van der Waals surface area contributed by atoms with Crippen molar-refractivity contribution in [2.45, 2.75) is 64.5 Å². The van der Waals surface area contributed by atoms with Gasteiger partial charge in [-0.1, -0.05) is 32.1 Å². The summed E-state index contributed by atoms with van der Waals surface area (Å²) in [6.45, 7) is 2.03. The lowest BCUT2D eigenvalue weighted by atomic mass is 9.97. The van der Waals surface area contributed by atoms with E-state index in [1.54, 1.807) is 6.92 Å². The number of hydrogen-bond donors (Lipinski definition) is 1. The third kappa shape index (κ3) is 4.21. The van der Waals surface area contributed by atoms with Crippen LogP contribution >= 0.6 is 0 Å². The van der Waals surface area contributed by atoms with Gasteiger partial charge in [-0.05, 0) is 25.0 Å². The molecule has 0 atom stereocenters. The number of hydrogen-bond acceptors (Lipinski definition) is 4. The maximum Gasteiger partial charge on any atom is 0.264 e. The molecule has 2 heterocycles. The predicted molar refractivity (Wildman–Crippen MR) is 86.7 cm³/mol. The van der Waals surface area contributed by atoms with E-state index in [1.807, 2.05) is 22.9 Å². The van der Waals surface area contributed by atoms with Gasteiger partial charge >= 0.3 is 0 Å². The van der Waals surface area contributed by atoms with Gasteiger partial charge in [-0.2, -0.15) is 0 Å². The topological polar surface area (TPSA) is 73.0 Å². The van der Waals surface area contributed by atoms with Gasteiger partial charge in [-0.3, -0.25) is 4.79 Å². The quantitative estimate of drug-likeness (QED) is 0.941. The highest BCUT2D eigenvalue weighted by Crippen LogP contribution is 2.19. The first-order valence-electron chi connectivity index (χ1n) is 8.47. The highest BCUT2D eigenvalue weighted by atomic mass is 16.4. The monoisotopic (exact) mass is 316 g/mol. The van der Waals surface area contributed by atoms with Crippen LogP contribution in [0, 0.1) is 6.92 Å². The van der Waals surface area contributed by atoms with Crippen LogP contribution in [-0.4, -0.2) is 26.7 Å². The summed E-state index contributed by atoms with van der Waals surface area (Å²) in [4.78, 5) is 12.4. The van der Waals surface area contributed by atoms with Crippen LogP contribution in [0.1, 0.15) is 50.8 Å². The molecule has 0 aliphatic heterocycles. The van der Waals surface area contributed by atoms with Crippen molar-refractivity contribution in [2.24, 2.45) is 0 Å². The molecule has 124 valence electrons. The fourth-order valence-electron chi connectivity index (χ4n) is 3.17. The molecular formula is C17H24N4O2. The Morgan fingerprint density at radius 3 is 2.70 bits per heavy atom. The molecule has 0 bridgehead atoms. The number of aryl methyl sites for hydroxylation is 1. The van der Waals surface area contributed by atoms with Crippen LogP contribution in [0.4, 0.5) is 0 Å². The lowest BCUT2D eigenvalue weighted by Gasteiger charge is -2.21. The average molecular weight is 316 g/mol. The minimum Gasteiger partial charge on any atom is -0.420 e. The minimum atomic E-state index is 0.0456. The third-order valence-electron chi connectivity index (χ3n) is 4.36. The molecule has 3 rings (SSSR count). The van der Waals surface area contributed by atoms with Gasteiger partial charge in [0.2, 0.25) is 11.8 Å². The molecule has 0 unspecified atom stereocenters. The molecule has 1 amide bonds. The van der Waals surface area contributed by atoms with E-state index in [4.69, 9.17) is 4.42 Å². The average Bonchev–Trinajstić information content (AvgIpc) is 3.10. The van der Waals surface area contributed by atoms with E-state index >= 15 is 0 Å². The van der Waals surface area contributed by atoms with E-state index in [0.717, 1.165) is 18.5 Å². The molecule has 1 saturated carbocycles. The first-order valence-corrected chi connectivity index (χ1v) is 8.47. The van der Waals surface area contributed by atoms with Gasteiger partial charge in [-0.25, -0.2) is 0 Å². The molecule has 2 aromatic heterocycles. The Morgan fingerprint density at radius 2 is 2.00 bits per heavy atom. The fraction of sp³-hybridized carbons (Fsp3) is 0.588. The largest absolute Gasteiger partial charge is 0.420 e. The second kappa shape index (κ2) is 7.44. The Bertz CT molecular complexity index is 639. The van der Waals surface area contributed by atoms with Gasteiger partial charge in [0.15, 0.2) is 0 Å². The van der Waals surface area contributed by atoms with Crippen LogP contribution in [0.25, 0.3) is 11.6 Å². The first kappa shape index (κ1) is 15.8. The molecule has 6 nitrogen and oxygen atoms in total. The molecule has 0 aromatic carbocycles. The first-order chi connectivity index (χ1) is 11.2. The Hall–Kier alpha value is -2.11. The summed E-state index contributed by atoms with van der Waals surface area (Å²) in [6.07, 6.45) is 10.4. The summed E-state index contributed by atoms with van der Waals surface area (Å²) >= 11 is 0. The van der Waals surface area contributed by atoms with Crippen molar-refractivity contribution in [2.75, 3.05) is 0 Å². The van der Waals surface area contributed by atoms with Crippen molar-refractivity contribution >= 4 is 5.91 Å². The van der Waals surface area contributed by atoms with Crippen LogP contribution in [0.5, 0.6) is 0 Å². The second-order valence-electron chi connectivity index (χ2n) is 6.26. The zero-order valence-corrected chi connectivity index (χ0v) is 13.6. The molecule has 2 aromatic rings. The van der Waals surface area contributed by atoms with Crippen LogP contribution in [0.2, 0.25) is 0 Å². The fourth-order valence-corrected chi connectivity index (χ4v) is 3.17. The van der Waals surface area contributed by atoms with Crippen molar-refractivity contribution in [3.63, 3.8) is 0 Å². The van der Waals surface area contributed by atoms with E-state index in [-0.39, 0.29) is 12.5 Å². The molecule has 0 spiro atoms. The number of nitrogens with zero attached hydrogens (tertiary/aromatic N) is 3. The lowest BCUT2D eigenvalue weighted by molar-refractivity contribution is -0.122. The van der Waals surface area contributed by atoms with Crippen molar-refractivity contribution in [3.8, 4) is 11.6 Å². The minimum absolute atomic E-state index is 0.0456. The van der Waals surface area contributed by atoms with Crippen molar-refractivity contribution in [1.82, 2.24) is 20.1 Å². The Kier molecular flexibility index (Phi) is 5.10. The maximum atomic E-state index is 12.4. The Balaban J connectivity index is 1.61. The summed E-state index contributed by atoms with van der Waals surface area (Å²) in [5.41, 5.74) is 0.776. The number of rotatable bonds is 4. The van der Waals surface area contributed by atoms with Gasteiger partial charge in [0, 0.05) is 19.2 Å². The Morgan fingerprint density at radius 1 is 1.26 bits per heavy atom. The number of aromatic nitrogens is 3. The van der Waals surface area contributed by atoms with E-state index in [0.29, 0.717) is 17.8 Å². The van der Waals surface area contributed by atoms with E-state index < -0.39 is 0 Å². The number of carbonyl (C=O) groups excluding carboxylic acids is 1. The Labute approximate surface area is 136 Å². The summed E-state index contributed by atoms with van der Waals surface area (Å²) in [5.74, 6) is 1.02. The maximum absolute atomic E-state index is 12.4. The molecule has 6 heteroatoms. The lowest BCUT2D eigenvalue weighted by Crippen LogP contribution is -2.37. The summed E-state index contributed by atoms with van der Waals surface area (Å²) < 4.78 is 7.31. The zero-order chi connectivity index (χ0) is 16.1. The predicted octanol–water partition coefficient (Wildman–Crippen LogP) is 3.08. The van der Waals surface area contributed by atoms with Gasteiger partial charge in [-0.15, -0.1) is 10.2 Å². The SMILES string of the molecule is Cc1nnc(-c2cccn2CC(=O)NC2CCCCCCC2)o1. The van der Waals surface area contributed by atoms with Crippen molar-refractivity contribution < 1.29 is 9.21 Å². The number of amides is 1. The molecule has 1 fully saturated rings. The molecule has 1 aliphatic carbocycles. The van der Waals surface area contributed by atoms with E-state index in [1.165, 1.54) is 32.1 Å². The van der Waals surface area contributed by atoms with Crippen molar-refractivity contribution in [3.05, 3.63) is 24.2 Å². The summed E-state index contributed by atoms with van der Waals surface area (Å²) in [6, 6.07) is 4.08. The van der Waals surface area contributed by atoms with Crippen LogP contribution in [0.15, 0.2) is 22.7 Å². The normalized spacial score (nSPS) is 16.7. The summed E-state index contributed by atoms with van der Waals surface area (Å²) in [5, 5.41) is 11.1. The highest BCUT2D eigenvalue weighted by Gasteiger charge is 2.16. The van der Waals surface area contributed by atoms with Gasteiger partial charge in [0.1, 0.15) is 12.2 Å². The van der Waals surface area contributed by atoms with Gasteiger partial charge < -0.3 is 14.3 Å². The van der Waals surface area contributed by atoms with Crippen molar-refractivity contribution in [1.29, 1.82) is 0 Å². The van der Waals surface area contributed by atoms with Gasteiger partial charge in [0.05, 0.1) is 0 Å². The molecule has 23 heavy (non-hydrogen) atoms.